The fourth-order valence-electron chi connectivity index (χ4n) is 0.302. The second-order valence-electron chi connectivity index (χ2n) is 1.15. The largest absolute Gasteiger partial charge is 0.492 e. The Morgan fingerprint density at radius 2 is 2.62 bits per heavy atom. The maximum absolute atomic E-state index is 10.3. The molecule has 0 aliphatic carbocycles. The van der Waals surface area contributed by atoms with E-state index >= 15 is 0 Å². The van der Waals surface area contributed by atoms with Crippen molar-refractivity contribution < 1.29 is 4.57 Å². The molecule has 0 amide bonds. The number of aromatic amines is 1. The molecule has 3 N–H and O–H groups in total. The summed E-state index contributed by atoms with van der Waals surface area (Å²) in [4.78, 5) is 0. The van der Waals surface area contributed by atoms with Crippen LogP contribution in [0.3, 0.4) is 0 Å². The van der Waals surface area contributed by atoms with E-state index in [0.717, 1.165) is 0 Å². The van der Waals surface area contributed by atoms with Crippen molar-refractivity contribution in [2.75, 3.05) is 0 Å². The third-order valence-electron chi connectivity index (χ3n) is 0.628. The molecule has 0 saturated heterocycles. The fraction of sp³-hybridized carbons (Fsp3) is 0. The maximum Gasteiger partial charge on any atom is 0.492 e. The Labute approximate surface area is 46.1 Å². The van der Waals surface area contributed by atoms with Gasteiger partial charge in [-0.25, -0.2) is 0 Å². The second kappa shape index (κ2) is 1.98. The quantitative estimate of drug-likeness (QED) is 0.485. The van der Waals surface area contributed by atoms with Crippen LogP contribution in [-0.4, -0.2) is 15.4 Å². The molecule has 42 valence electrons. The molecule has 0 fully saturated rings. The molecular weight excluding hydrogens is 127 g/mol. The van der Waals surface area contributed by atoms with Crippen LogP contribution in [0.5, 0.6) is 0 Å². The average molecular weight is 131 g/mol. The van der Waals surface area contributed by atoms with Gasteiger partial charge in [-0.1, -0.05) is 0 Å². The van der Waals surface area contributed by atoms with Gasteiger partial charge in [0.05, 0.1) is 0 Å². The minimum atomic E-state index is -1.81. The van der Waals surface area contributed by atoms with E-state index in [2.05, 4.69) is 15.4 Å². The summed E-state index contributed by atoms with van der Waals surface area (Å²) >= 11 is 0. The molecule has 8 heavy (non-hydrogen) atoms. The average Bonchev–Trinajstić information content (AvgIpc) is 2.12. The minimum absolute atomic E-state index is 0.306. The van der Waals surface area contributed by atoms with E-state index in [-0.39, 0.29) is 0 Å². The highest BCUT2D eigenvalue weighted by Gasteiger charge is 2.15. The smallest absolute Gasteiger partial charge is 0.193 e. The Morgan fingerprint density at radius 3 is 2.88 bits per heavy atom. The highest BCUT2D eigenvalue weighted by atomic mass is 31.1. The Kier molecular flexibility index (Phi) is 1.32. The van der Waals surface area contributed by atoms with Gasteiger partial charge in [-0.15, -0.1) is 10.6 Å². The van der Waals surface area contributed by atoms with Gasteiger partial charge in [0.25, 0.3) is 0 Å². The first kappa shape index (κ1) is 5.34. The summed E-state index contributed by atoms with van der Waals surface area (Å²) < 4.78 is 10.3. The van der Waals surface area contributed by atoms with Gasteiger partial charge in [-0.05, 0) is 4.57 Å². The highest BCUT2D eigenvalue weighted by Crippen LogP contribution is 2.01. The van der Waals surface area contributed by atoms with Gasteiger partial charge >= 0.3 is 13.4 Å². The standard InChI is InChI=1S/C2H4N4OP/c3-8(7)2-1-4-6-5-2/h1H,(H2,3,7)(H,4,5,6)/q+1. The highest BCUT2D eigenvalue weighted by molar-refractivity contribution is 7.50. The zero-order valence-electron chi connectivity index (χ0n) is 3.90. The lowest BCUT2D eigenvalue weighted by molar-refractivity contribution is 0.593. The predicted molar refractivity (Wildman–Crippen MR) is 27.8 cm³/mol. The van der Waals surface area contributed by atoms with Gasteiger partial charge in [0.2, 0.25) is 0 Å². The fourth-order valence-corrected chi connectivity index (χ4v) is 0.617. The van der Waals surface area contributed by atoms with Crippen LogP contribution in [-0.2, 0) is 4.57 Å². The van der Waals surface area contributed by atoms with Crippen molar-refractivity contribution in [2.45, 2.75) is 0 Å². The number of nitrogens with one attached hydrogen (secondary N) is 1. The van der Waals surface area contributed by atoms with E-state index in [0.29, 0.717) is 5.44 Å². The summed E-state index contributed by atoms with van der Waals surface area (Å²) in [7, 11) is -1.81. The van der Waals surface area contributed by atoms with E-state index in [4.69, 9.17) is 5.50 Å². The molecule has 0 bridgehead atoms. The van der Waals surface area contributed by atoms with Gasteiger partial charge in [0.1, 0.15) is 6.20 Å². The summed E-state index contributed by atoms with van der Waals surface area (Å²) in [6.07, 6.45) is 1.33. The molecule has 0 aliphatic heterocycles. The van der Waals surface area contributed by atoms with Crippen LogP contribution < -0.4 is 10.9 Å². The Bertz CT molecular complexity index is 182. The molecule has 1 atom stereocenters. The second-order valence-corrected chi connectivity index (χ2v) is 2.26. The van der Waals surface area contributed by atoms with Crippen LogP contribution in [0.2, 0.25) is 0 Å². The maximum atomic E-state index is 10.3. The molecule has 0 aromatic carbocycles. The molecule has 0 saturated carbocycles. The van der Waals surface area contributed by atoms with E-state index in [9.17, 15) is 4.57 Å². The molecule has 1 unspecified atom stereocenters. The third kappa shape index (κ3) is 0.882. The number of hydrogen-bond acceptors (Lipinski definition) is 3. The molecule has 5 nitrogen and oxygen atoms in total. The molecule has 1 rings (SSSR count). The van der Waals surface area contributed by atoms with Crippen LogP contribution in [0.25, 0.3) is 0 Å². The van der Waals surface area contributed by atoms with Crippen molar-refractivity contribution in [1.82, 2.24) is 15.4 Å². The Hall–Kier alpha value is -0.800. The van der Waals surface area contributed by atoms with Crippen LogP contribution in [0.15, 0.2) is 6.20 Å². The predicted octanol–water partition coefficient (Wildman–Crippen LogP) is -0.869. The van der Waals surface area contributed by atoms with Gasteiger partial charge in [-0.3, -0.25) is 0 Å². The first-order valence-corrected chi connectivity index (χ1v) is 3.21. The molecule has 0 aliphatic rings. The van der Waals surface area contributed by atoms with Crippen LogP contribution in [0.4, 0.5) is 0 Å². The van der Waals surface area contributed by atoms with E-state index in [1.54, 1.807) is 0 Å². The van der Waals surface area contributed by atoms with Crippen molar-refractivity contribution in [3.05, 3.63) is 6.20 Å². The molecule has 1 aromatic rings. The lowest BCUT2D eigenvalue weighted by atomic mass is 11.0. The summed E-state index contributed by atoms with van der Waals surface area (Å²) in [6.45, 7) is 0. The number of hydrogen-bond donors (Lipinski definition) is 2. The van der Waals surface area contributed by atoms with Crippen LogP contribution in [0, 0.1) is 0 Å². The molecule has 1 aromatic heterocycles. The van der Waals surface area contributed by atoms with Crippen molar-refractivity contribution in [1.29, 1.82) is 0 Å². The van der Waals surface area contributed by atoms with Gasteiger partial charge in [0, 0.05) is 0 Å². The van der Waals surface area contributed by atoms with Gasteiger partial charge < -0.3 is 0 Å². The summed E-state index contributed by atoms with van der Waals surface area (Å²) in [6, 6.07) is 0. The van der Waals surface area contributed by atoms with Crippen LogP contribution in [0.1, 0.15) is 0 Å². The number of nitrogens with zero attached hydrogens (tertiary/aromatic N) is 2. The number of aromatic nitrogens is 3. The molecule has 6 heteroatoms. The minimum Gasteiger partial charge on any atom is -0.193 e. The molecule has 0 radical (unpaired) electrons. The lowest BCUT2D eigenvalue weighted by Crippen LogP contribution is -2.00. The van der Waals surface area contributed by atoms with E-state index < -0.39 is 7.95 Å². The SMILES string of the molecule is N[P+](=O)c1cn[nH]n1. The monoisotopic (exact) mass is 131 g/mol. The zero-order chi connectivity index (χ0) is 5.98. The normalized spacial score (nSPS) is 11.4. The number of nitrogens with two attached hydrogens (primary N) is 1. The van der Waals surface area contributed by atoms with E-state index in [1.807, 2.05) is 0 Å². The van der Waals surface area contributed by atoms with E-state index in [1.165, 1.54) is 6.20 Å². The summed E-state index contributed by atoms with van der Waals surface area (Å²) in [5.41, 5.74) is 5.25. The number of H-pyrrole nitrogens is 1. The van der Waals surface area contributed by atoms with Crippen LogP contribution >= 0.6 is 7.95 Å². The Morgan fingerprint density at radius 1 is 1.88 bits per heavy atom. The van der Waals surface area contributed by atoms with Crippen molar-refractivity contribution >= 4 is 13.4 Å². The molecule has 1 heterocycles. The van der Waals surface area contributed by atoms with Crippen molar-refractivity contribution in [3.8, 4) is 0 Å². The zero-order valence-corrected chi connectivity index (χ0v) is 4.80. The number of rotatable bonds is 1. The third-order valence-corrected chi connectivity index (χ3v) is 1.30. The van der Waals surface area contributed by atoms with Gasteiger partial charge in [0.15, 0.2) is 0 Å². The lowest BCUT2D eigenvalue weighted by Gasteiger charge is -1.60. The molecule has 0 spiro atoms. The first-order chi connectivity index (χ1) is 3.80. The first-order valence-electron chi connectivity index (χ1n) is 1.88. The molecular formula is C2H4N4OP+. The Balaban J connectivity index is 2.93. The van der Waals surface area contributed by atoms with Crippen molar-refractivity contribution in [2.24, 2.45) is 5.50 Å². The van der Waals surface area contributed by atoms with Gasteiger partial charge in [-0.2, -0.15) is 10.3 Å². The van der Waals surface area contributed by atoms with Crippen molar-refractivity contribution in [3.63, 3.8) is 0 Å². The summed E-state index contributed by atoms with van der Waals surface area (Å²) in [5.74, 6) is 0. The summed E-state index contributed by atoms with van der Waals surface area (Å²) in [5, 5.41) is 9.16. The topological polar surface area (TPSA) is 84.7 Å².